The number of hydrogen-bond donors (Lipinski definition) is 1. The third kappa shape index (κ3) is 3.73. The van der Waals surface area contributed by atoms with Crippen LogP contribution in [0.15, 0.2) is 48.7 Å². The van der Waals surface area contributed by atoms with Gasteiger partial charge in [0.25, 0.3) is 0 Å². The Labute approximate surface area is 160 Å². The average Bonchev–Trinajstić information content (AvgIpc) is 2.70. The van der Waals surface area contributed by atoms with Crippen molar-refractivity contribution in [1.29, 1.82) is 0 Å². The molecule has 26 heavy (non-hydrogen) atoms. The zero-order chi connectivity index (χ0) is 18.0. The lowest BCUT2D eigenvalue weighted by Crippen LogP contribution is -2.52. The quantitative estimate of drug-likeness (QED) is 0.893. The summed E-state index contributed by atoms with van der Waals surface area (Å²) >= 11 is 5.98. The molecular formula is C21H26ClN3O. The number of benzene rings is 1. The van der Waals surface area contributed by atoms with E-state index in [4.69, 9.17) is 11.6 Å². The lowest BCUT2D eigenvalue weighted by atomic mass is 9.77. The number of halogens is 1. The molecule has 1 aromatic heterocycles. The number of aliphatic hydroxyl groups is 1. The fourth-order valence-corrected chi connectivity index (χ4v) is 4.48. The number of piperazine rings is 1. The molecule has 0 spiro atoms. The van der Waals surface area contributed by atoms with Crippen LogP contribution < -0.4 is 4.90 Å². The van der Waals surface area contributed by atoms with Gasteiger partial charge in [0.1, 0.15) is 5.82 Å². The second-order valence-corrected chi connectivity index (χ2v) is 7.92. The molecule has 0 bridgehead atoms. The minimum atomic E-state index is -0.698. The van der Waals surface area contributed by atoms with E-state index in [1.54, 1.807) is 0 Å². The van der Waals surface area contributed by atoms with Crippen molar-refractivity contribution in [3.63, 3.8) is 0 Å². The van der Waals surface area contributed by atoms with Crippen molar-refractivity contribution in [1.82, 2.24) is 9.88 Å². The zero-order valence-electron chi connectivity index (χ0n) is 15.0. The van der Waals surface area contributed by atoms with E-state index in [1.807, 2.05) is 42.6 Å². The summed E-state index contributed by atoms with van der Waals surface area (Å²) in [5.41, 5.74) is 0.303. The van der Waals surface area contributed by atoms with Crippen molar-refractivity contribution in [3.8, 4) is 0 Å². The van der Waals surface area contributed by atoms with E-state index in [0.29, 0.717) is 6.04 Å². The number of hydrogen-bond acceptors (Lipinski definition) is 4. The Morgan fingerprint density at radius 2 is 1.65 bits per heavy atom. The Hall–Kier alpha value is -1.62. The van der Waals surface area contributed by atoms with E-state index in [2.05, 4.69) is 20.9 Å². The van der Waals surface area contributed by atoms with Crippen LogP contribution in [0.3, 0.4) is 0 Å². The van der Waals surface area contributed by atoms with Crippen LogP contribution in [0.2, 0.25) is 5.02 Å². The highest BCUT2D eigenvalue weighted by Gasteiger charge is 2.37. The summed E-state index contributed by atoms with van der Waals surface area (Å²) in [4.78, 5) is 9.43. The Morgan fingerprint density at radius 3 is 2.27 bits per heavy atom. The minimum Gasteiger partial charge on any atom is -0.385 e. The van der Waals surface area contributed by atoms with Gasteiger partial charge in [0.2, 0.25) is 0 Å². The number of nitrogens with zero attached hydrogens (tertiary/aromatic N) is 3. The molecule has 4 rings (SSSR count). The molecule has 2 heterocycles. The summed E-state index contributed by atoms with van der Waals surface area (Å²) in [6.07, 6.45) is 5.59. The molecule has 2 aromatic rings. The molecule has 1 aromatic carbocycles. The molecule has 0 radical (unpaired) electrons. The van der Waals surface area contributed by atoms with Crippen molar-refractivity contribution < 1.29 is 5.11 Å². The van der Waals surface area contributed by atoms with Gasteiger partial charge in [0, 0.05) is 43.4 Å². The van der Waals surface area contributed by atoms with Gasteiger partial charge < -0.3 is 10.0 Å². The van der Waals surface area contributed by atoms with E-state index >= 15 is 0 Å². The normalized spacial score (nSPS) is 27.5. The molecular weight excluding hydrogens is 346 g/mol. The summed E-state index contributed by atoms with van der Waals surface area (Å²) in [7, 11) is 0. The summed E-state index contributed by atoms with van der Waals surface area (Å²) in [6, 6.07) is 14.4. The van der Waals surface area contributed by atoms with Crippen molar-refractivity contribution in [2.75, 3.05) is 31.1 Å². The maximum atomic E-state index is 11.1. The highest BCUT2D eigenvalue weighted by Crippen LogP contribution is 2.39. The van der Waals surface area contributed by atoms with Crippen LogP contribution in [-0.4, -0.2) is 47.2 Å². The second-order valence-electron chi connectivity index (χ2n) is 7.48. The number of pyridine rings is 1. The molecule has 2 fully saturated rings. The third-order valence-corrected chi connectivity index (χ3v) is 6.22. The molecule has 5 heteroatoms. The predicted molar refractivity (Wildman–Crippen MR) is 106 cm³/mol. The van der Waals surface area contributed by atoms with Crippen LogP contribution in [0.25, 0.3) is 0 Å². The highest BCUT2D eigenvalue weighted by molar-refractivity contribution is 6.30. The van der Waals surface area contributed by atoms with Crippen LogP contribution >= 0.6 is 11.6 Å². The first-order valence-corrected chi connectivity index (χ1v) is 9.90. The van der Waals surface area contributed by atoms with E-state index in [0.717, 1.165) is 68.3 Å². The predicted octanol–water partition coefficient (Wildman–Crippen LogP) is 3.69. The first-order chi connectivity index (χ1) is 12.6. The third-order valence-electron chi connectivity index (χ3n) is 5.97. The molecule has 0 amide bonds. The van der Waals surface area contributed by atoms with Gasteiger partial charge in [0.15, 0.2) is 0 Å². The summed E-state index contributed by atoms with van der Waals surface area (Å²) < 4.78 is 0. The largest absolute Gasteiger partial charge is 0.385 e. The monoisotopic (exact) mass is 371 g/mol. The summed E-state index contributed by atoms with van der Waals surface area (Å²) in [6.45, 7) is 4.19. The SMILES string of the molecule is O[C@]1(c2ccc(Cl)cc2)CC[C@@H](N2CCN(c3ccccn3)CC2)CC1. The smallest absolute Gasteiger partial charge is 0.128 e. The van der Waals surface area contributed by atoms with Crippen LogP contribution in [0.5, 0.6) is 0 Å². The molecule has 1 saturated carbocycles. The zero-order valence-corrected chi connectivity index (χ0v) is 15.8. The van der Waals surface area contributed by atoms with Crippen LogP contribution in [-0.2, 0) is 5.60 Å². The van der Waals surface area contributed by atoms with Gasteiger partial charge in [-0.15, -0.1) is 0 Å². The maximum Gasteiger partial charge on any atom is 0.128 e. The summed E-state index contributed by atoms with van der Waals surface area (Å²) in [5, 5.41) is 11.8. The summed E-state index contributed by atoms with van der Waals surface area (Å²) in [5.74, 6) is 1.08. The molecule has 1 aliphatic heterocycles. The van der Waals surface area contributed by atoms with Crippen LogP contribution in [0.4, 0.5) is 5.82 Å². The molecule has 1 saturated heterocycles. The fourth-order valence-electron chi connectivity index (χ4n) is 4.35. The van der Waals surface area contributed by atoms with Gasteiger partial charge in [-0.3, -0.25) is 4.90 Å². The Kier molecular flexibility index (Phi) is 5.16. The molecule has 0 atom stereocenters. The topological polar surface area (TPSA) is 39.6 Å². The van der Waals surface area contributed by atoms with Gasteiger partial charge in [-0.05, 0) is 55.5 Å². The van der Waals surface area contributed by atoms with Crippen molar-refractivity contribution in [3.05, 3.63) is 59.2 Å². The van der Waals surface area contributed by atoms with Gasteiger partial charge in [0.05, 0.1) is 5.60 Å². The molecule has 138 valence electrons. The van der Waals surface area contributed by atoms with Gasteiger partial charge in [-0.25, -0.2) is 4.98 Å². The van der Waals surface area contributed by atoms with E-state index in [-0.39, 0.29) is 0 Å². The van der Waals surface area contributed by atoms with E-state index < -0.39 is 5.60 Å². The van der Waals surface area contributed by atoms with E-state index in [9.17, 15) is 5.11 Å². The standard InChI is InChI=1S/C21H26ClN3O/c22-18-6-4-17(5-7-18)21(26)10-8-19(9-11-21)24-13-15-25(16-14-24)20-3-1-2-12-23-20/h1-7,12,19,26H,8-11,13-16H2/t19-,21-. The van der Waals surface area contributed by atoms with Crippen LogP contribution in [0.1, 0.15) is 31.2 Å². The fraction of sp³-hybridized carbons (Fsp3) is 0.476. The van der Waals surface area contributed by atoms with Crippen LogP contribution in [0, 0.1) is 0 Å². The molecule has 4 nitrogen and oxygen atoms in total. The molecule has 0 unspecified atom stereocenters. The van der Waals surface area contributed by atoms with E-state index in [1.165, 1.54) is 0 Å². The molecule has 1 N–H and O–H groups in total. The van der Waals surface area contributed by atoms with Crippen molar-refractivity contribution in [2.45, 2.75) is 37.3 Å². The Balaban J connectivity index is 1.32. The highest BCUT2D eigenvalue weighted by atomic mass is 35.5. The van der Waals surface area contributed by atoms with Gasteiger partial charge >= 0.3 is 0 Å². The van der Waals surface area contributed by atoms with Gasteiger partial charge in [-0.2, -0.15) is 0 Å². The number of anilines is 1. The first-order valence-electron chi connectivity index (χ1n) is 9.52. The lowest BCUT2D eigenvalue weighted by molar-refractivity contribution is -0.0257. The minimum absolute atomic E-state index is 0.577. The first kappa shape index (κ1) is 17.8. The van der Waals surface area contributed by atoms with Crippen molar-refractivity contribution in [2.24, 2.45) is 0 Å². The number of aromatic nitrogens is 1. The average molecular weight is 372 g/mol. The lowest BCUT2D eigenvalue weighted by Gasteiger charge is -2.44. The van der Waals surface area contributed by atoms with Crippen molar-refractivity contribution >= 4 is 17.4 Å². The number of rotatable bonds is 3. The Morgan fingerprint density at radius 1 is 0.962 bits per heavy atom. The second kappa shape index (κ2) is 7.55. The molecule has 2 aliphatic rings. The van der Waals surface area contributed by atoms with Gasteiger partial charge in [-0.1, -0.05) is 29.8 Å². The molecule has 1 aliphatic carbocycles. The Bertz CT molecular complexity index is 706. The maximum absolute atomic E-state index is 11.1.